The summed E-state index contributed by atoms with van der Waals surface area (Å²) in [7, 11) is 0. The molecule has 6 heteroatoms. The molecular weight excluding hydrogens is 292 g/mol. The predicted octanol–water partition coefficient (Wildman–Crippen LogP) is 2.10. The van der Waals surface area contributed by atoms with Crippen molar-refractivity contribution in [1.82, 2.24) is 5.32 Å². The molecule has 0 spiro atoms. The lowest BCUT2D eigenvalue weighted by Crippen LogP contribution is -2.40. The zero-order valence-corrected chi connectivity index (χ0v) is 11.6. The Morgan fingerprint density at radius 3 is 2.55 bits per heavy atom. The van der Waals surface area contributed by atoms with Gasteiger partial charge in [0.15, 0.2) is 0 Å². The summed E-state index contributed by atoms with van der Waals surface area (Å²) < 4.78 is 26.6. The quantitative estimate of drug-likeness (QED) is 0.837. The molecule has 1 amide bonds. The van der Waals surface area contributed by atoms with Gasteiger partial charge in [-0.15, -0.1) is 0 Å². The minimum absolute atomic E-state index is 0.0407. The van der Waals surface area contributed by atoms with E-state index in [9.17, 15) is 23.5 Å². The van der Waals surface area contributed by atoms with Crippen LogP contribution in [-0.4, -0.2) is 17.0 Å². The highest BCUT2D eigenvalue weighted by Gasteiger charge is 2.51. The molecule has 3 rings (SSSR count). The third kappa shape index (κ3) is 2.49. The molecule has 4 atom stereocenters. The van der Waals surface area contributed by atoms with Crippen LogP contribution in [0.15, 0.2) is 30.4 Å². The summed E-state index contributed by atoms with van der Waals surface area (Å²) in [4.78, 5) is 23.7. The molecule has 1 saturated carbocycles. The van der Waals surface area contributed by atoms with E-state index in [2.05, 4.69) is 5.32 Å². The Kier molecular flexibility index (Phi) is 3.68. The molecule has 0 aliphatic heterocycles. The van der Waals surface area contributed by atoms with Gasteiger partial charge in [0.25, 0.3) is 0 Å². The van der Waals surface area contributed by atoms with Crippen LogP contribution in [0.4, 0.5) is 8.78 Å². The number of carbonyl (C=O) groups is 2. The zero-order valence-electron chi connectivity index (χ0n) is 11.6. The van der Waals surface area contributed by atoms with Gasteiger partial charge in [0, 0.05) is 12.1 Å². The molecule has 4 unspecified atom stereocenters. The van der Waals surface area contributed by atoms with Crippen molar-refractivity contribution in [2.24, 2.45) is 23.7 Å². The van der Waals surface area contributed by atoms with E-state index in [4.69, 9.17) is 0 Å². The van der Waals surface area contributed by atoms with Crippen LogP contribution < -0.4 is 5.32 Å². The third-order valence-corrected chi connectivity index (χ3v) is 4.51. The van der Waals surface area contributed by atoms with Crippen molar-refractivity contribution in [1.29, 1.82) is 0 Å². The smallest absolute Gasteiger partial charge is 0.307 e. The van der Waals surface area contributed by atoms with Crippen LogP contribution in [0, 0.1) is 35.3 Å². The number of carboxylic acid groups (broad SMARTS) is 1. The van der Waals surface area contributed by atoms with Crippen molar-refractivity contribution in [3.05, 3.63) is 47.5 Å². The summed E-state index contributed by atoms with van der Waals surface area (Å²) >= 11 is 0. The highest BCUT2D eigenvalue weighted by atomic mass is 19.1. The van der Waals surface area contributed by atoms with E-state index in [1.54, 1.807) is 0 Å². The van der Waals surface area contributed by atoms with Crippen molar-refractivity contribution < 1.29 is 23.5 Å². The van der Waals surface area contributed by atoms with Gasteiger partial charge in [0.2, 0.25) is 5.91 Å². The second kappa shape index (κ2) is 5.51. The molecule has 22 heavy (non-hydrogen) atoms. The average Bonchev–Trinajstić information content (AvgIpc) is 3.08. The minimum Gasteiger partial charge on any atom is -0.481 e. The molecular formula is C16H15F2NO3. The topological polar surface area (TPSA) is 66.4 Å². The predicted molar refractivity (Wildman–Crippen MR) is 73.6 cm³/mol. The van der Waals surface area contributed by atoms with E-state index in [-0.39, 0.29) is 23.9 Å². The number of allylic oxidation sites excluding steroid dienone is 2. The van der Waals surface area contributed by atoms with Gasteiger partial charge < -0.3 is 10.4 Å². The summed E-state index contributed by atoms with van der Waals surface area (Å²) in [6.07, 6.45) is 4.37. The number of aliphatic carboxylic acids is 1. The fraction of sp³-hybridized carbons (Fsp3) is 0.375. The van der Waals surface area contributed by atoms with Crippen molar-refractivity contribution >= 4 is 11.9 Å². The second-order valence-corrected chi connectivity index (χ2v) is 5.79. The fourth-order valence-electron chi connectivity index (χ4n) is 3.50. The SMILES string of the molecule is O=C(O)C1C2C=CC(C2)C1C(=O)NCc1cc(F)ccc1F. The first-order chi connectivity index (χ1) is 10.5. The number of halogens is 2. The standard InChI is InChI=1S/C16H15F2NO3/c17-11-3-4-12(18)10(6-11)7-19-15(20)13-8-1-2-9(5-8)14(13)16(21)22/h1-4,6,8-9,13-14H,5,7H2,(H,19,20)(H,21,22). The van der Waals surface area contributed by atoms with E-state index in [0.717, 1.165) is 18.2 Å². The first kappa shape index (κ1) is 14.7. The van der Waals surface area contributed by atoms with E-state index in [0.29, 0.717) is 6.42 Å². The number of amides is 1. The second-order valence-electron chi connectivity index (χ2n) is 5.79. The number of carbonyl (C=O) groups excluding carboxylic acids is 1. The molecule has 2 N–H and O–H groups in total. The fourth-order valence-corrected chi connectivity index (χ4v) is 3.50. The van der Waals surface area contributed by atoms with Crippen molar-refractivity contribution in [2.75, 3.05) is 0 Å². The molecule has 116 valence electrons. The van der Waals surface area contributed by atoms with Crippen LogP contribution in [-0.2, 0) is 16.1 Å². The Balaban J connectivity index is 1.71. The van der Waals surface area contributed by atoms with Crippen molar-refractivity contribution in [3.63, 3.8) is 0 Å². The van der Waals surface area contributed by atoms with Crippen LogP contribution >= 0.6 is 0 Å². The Morgan fingerprint density at radius 2 is 1.86 bits per heavy atom. The monoisotopic (exact) mass is 307 g/mol. The molecule has 4 nitrogen and oxygen atoms in total. The molecule has 2 aliphatic carbocycles. The van der Waals surface area contributed by atoms with Crippen LogP contribution in [0.5, 0.6) is 0 Å². The molecule has 0 heterocycles. The van der Waals surface area contributed by atoms with Gasteiger partial charge in [0.1, 0.15) is 11.6 Å². The Hall–Kier alpha value is -2.24. The molecule has 1 fully saturated rings. The lowest BCUT2D eigenvalue weighted by atomic mass is 9.82. The van der Waals surface area contributed by atoms with Crippen LogP contribution in [0.3, 0.4) is 0 Å². The lowest BCUT2D eigenvalue weighted by Gasteiger charge is -2.23. The zero-order chi connectivity index (χ0) is 15.9. The maximum Gasteiger partial charge on any atom is 0.307 e. The normalized spacial score (nSPS) is 28.8. The van der Waals surface area contributed by atoms with Crippen LogP contribution in [0.1, 0.15) is 12.0 Å². The Morgan fingerprint density at radius 1 is 1.18 bits per heavy atom. The largest absolute Gasteiger partial charge is 0.481 e. The number of rotatable bonds is 4. The number of benzene rings is 1. The number of hydrogen-bond donors (Lipinski definition) is 2. The highest BCUT2D eigenvalue weighted by molar-refractivity contribution is 5.86. The number of fused-ring (bicyclic) bond motifs is 2. The summed E-state index contributed by atoms with van der Waals surface area (Å²) in [6, 6.07) is 3.02. The number of carboxylic acids is 1. The molecule has 0 saturated heterocycles. The van der Waals surface area contributed by atoms with Crippen molar-refractivity contribution in [2.45, 2.75) is 13.0 Å². The molecule has 0 aromatic heterocycles. The van der Waals surface area contributed by atoms with E-state index >= 15 is 0 Å². The summed E-state index contributed by atoms with van der Waals surface area (Å²) in [5, 5.41) is 11.8. The molecule has 1 aromatic rings. The van der Waals surface area contributed by atoms with Crippen LogP contribution in [0.2, 0.25) is 0 Å². The first-order valence-electron chi connectivity index (χ1n) is 7.10. The average molecular weight is 307 g/mol. The maximum absolute atomic E-state index is 13.5. The highest BCUT2D eigenvalue weighted by Crippen LogP contribution is 2.48. The number of hydrogen-bond acceptors (Lipinski definition) is 2. The van der Waals surface area contributed by atoms with E-state index in [1.165, 1.54) is 0 Å². The van der Waals surface area contributed by atoms with Gasteiger partial charge in [-0.25, -0.2) is 8.78 Å². The maximum atomic E-state index is 13.5. The molecule has 2 bridgehead atoms. The molecule has 1 aromatic carbocycles. The molecule has 2 aliphatic rings. The van der Waals surface area contributed by atoms with Gasteiger partial charge >= 0.3 is 5.97 Å². The van der Waals surface area contributed by atoms with Crippen LogP contribution in [0.25, 0.3) is 0 Å². The third-order valence-electron chi connectivity index (χ3n) is 4.51. The number of nitrogens with one attached hydrogen (secondary N) is 1. The van der Waals surface area contributed by atoms with Crippen molar-refractivity contribution in [3.8, 4) is 0 Å². The van der Waals surface area contributed by atoms with E-state index < -0.39 is 35.3 Å². The summed E-state index contributed by atoms with van der Waals surface area (Å²) in [5.74, 6) is -4.22. The van der Waals surface area contributed by atoms with E-state index in [1.807, 2.05) is 12.2 Å². The summed E-state index contributed by atoms with van der Waals surface area (Å²) in [5.41, 5.74) is 0.0407. The van der Waals surface area contributed by atoms with Gasteiger partial charge in [-0.1, -0.05) is 12.2 Å². The summed E-state index contributed by atoms with van der Waals surface area (Å²) in [6.45, 7) is -0.160. The Labute approximate surface area is 125 Å². The van der Waals surface area contributed by atoms with Gasteiger partial charge in [-0.3, -0.25) is 9.59 Å². The lowest BCUT2D eigenvalue weighted by molar-refractivity contribution is -0.147. The minimum atomic E-state index is -0.992. The first-order valence-corrected chi connectivity index (χ1v) is 7.10. The van der Waals surface area contributed by atoms with Gasteiger partial charge in [-0.2, -0.15) is 0 Å². The Bertz CT molecular complexity index is 659. The van der Waals surface area contributed by atoms with Gasteiger partial charge in [0.05, 0.1) is 11.8 Å². The molecule has 0 radical (unpaired) electrons. The van der Waals surface area contributed by atoms with Gasteiger partial charge in [-0.05, 0) is 36.5 Å².